The van der Waals surface area contributed by atoms with Gasteiger partial charge in [-0.1, -0.05) is 24.6 Å². The lowest BCUT2D eigenvalue weighted by Crippen LogP contribution is -2.53. The second-order valence-corrected chi connectivity index (χ2v) is 10.2. The van der Waals surface area contributed by atoms with E-state index in [-0.39, 0.29) is 6.03 Å². The Kier molecular flexibility index (Phi) is 6.42. The summed E-state index contributed by atoms with van der Waals surface area (Å²) in [6.07, 6.45) is 0.996. The Balaban J connectivity index is 1.56. The van der Waals surface area contributed by atoms with E-state index in [1.54, 1.807) is 22.3 Å². The molecule has 1 aliphatic heterocycles. The van der Waals surface area contributed by atoms with E-state index in [0.717, 1.165) is 22.4 Å². The highest BCUT2D eigenvalue weighted by molar-refractivity contribution is 7.89. The molecule has 1 fully saturated rings. The number of rotatable bonds is 5. The molecule has 2 amide bonds. The molecule has 6 nitrogen and oxygen atoms in total. The maximum absolute atomic E-state index is 12.9. The average molecular weight is 422 g/mol. The number of thiophene rings is 1. The first-order valence-corrected chi connectivity index (χ1v) is 11.7. The molecule has 0 saturated carbocycles. The number of carbonyl (C=O) groups is 1. The van der Waals surface area contributed by atoms with Gasteiger partial charge in [-0.3, -0.25) is 0 Å². The van der Waals surface area contributed by atoms with E-state index in [4.69, 9.17) is 0 Å². The Hall–Kier alpha value is -1.90. The molecule has 0 spiro atoms. The Bertz CT molecular complexity index is 945. The zero-order chi connectivity index (χ0) is 20.3. The van der Waals surface area contributed by atoms with E-state index < -0.39 is 10.0 Å². The maximum atomic E-state index is 12.9. The molecular formula is C20H27N3O3S2. The van der Waals surface area contributed by atoms with Gasteiger partial charge in [0, 0.05) is 35.9 Å². The van der Waals surface area contributed by atoms with Crippen molar-refractivity contribution < 1.29 is 13.2 Å². The van der Waals surface area contributed by atoms with Gasteiger partial charge in [0.1, 0.15) is 0 Å². The number of urea groups is 1. The Morgan fingerprint density at radius 1 is 1.07 bits per heavy atom. The van der Waals surface area contributed by atoms with Gasteiger partial charge in [-0.15, -0.1) is 11.3 Å². The van der Waals surface area contributed by atoms with Crippen LogP contribution in [0.4, 0.5) is 4.79 Å². The number of piperazine rings is 1. The molecule has 0 bridgehead atoms. The summed E-state index contributed by atoms with van der Waals surface area (Å²) in [5.41, 5.74) is 1.79. The summed E-state index contributed by atoms with van der Waals surface area (Å²) in [5.74, 6) is 0. The SMILES string of the molecule is CCc1ccc(CNC(=O)N2CCN(S(=O)(=O)c3ccc(C)cc3C)CC2)s1. The summed E-state index contributed by atoms with van der Waals surface area (Å²) in [4.78, 5) is 16.9. The van der Waals surface area contributed by atoms with E-state index >= 15 is 0 Å². The second-order valence-electron chi connectivity index (χ2n) is 7.04. The molecular weight excluding hydrogens is 394 g/mol. The number of nitrogens with one attached hydrogen (secondary N) is 1. The number of sulfonamides is 1. The van der Waals surface area contributed by atoms with Gasteiger partial charge in [0.25, 0.3) is 0 Å². The molecule has 1 aromatic carbocycles. The molecule has 1 aliphatic rings. The summed E-state index contributed by atoms with van der Waals surface area (Å²) in [6.45, 7) is 7.77. The number of amides is 2. The van der Waals surface area contributed by atoms with Crippen LogP contribution in [0.1, 0.15) is 27.8 Å². The quantitative estimate of drug-likeness (QED) is 0.806. The van der Waals surface area contributed by atoms with Crippen LogP contribution in [-0.2, 0) is 23.0 Å². The highest BCUT2D eigenvalue weighted by Crippen LogP contribution is 2.22. The zero-order valence-corrected chi connectivity index (χ0v) is 18.2. The summed E-state index contributed by atoms with van der Waals surface area (Å²) < 4.78 is 27.4. The molecule has 0 atom stereocenters. The topological polar surface area (TPSA) is 69.7 Å². The third-order valence-corrected chi connectivity index (χ3v) is 8.24. The smallest absolute Gasteiger partial charge is 0.317 e. The van der Waals surface area contributed by atoms with Gasteiger partial charge < -0.3 is 10.2 Å². The molecule has 1 aromatic heterocycles. The monoisotopic (exact) mass is 421 g/mol. The fraction of sp³-hybridized carbons (Fsp3) is 0.450. The highest BCUT2D eigenvalue weighted by atomic mass is 32.2. The first-order valence-electron chi connectivity index (χ1n) is 9.49. The molecule has 2 aromatic rings. The molecule has 3 rings (SSSR count). The summed E-state index contributed by atoms with van der Waals surface area (Å²) >= 11 is 1.70. The Morgan fingerprint density at radius 3 is 2.36 bits per heavy atom. The van der Waals surface area contributed by atoms with Crippen LogP contribution in [0.15, 0.2) is 35.2 Å². The Morgan fingerprint density at radius 2 is 1.75 bits per heavy atom. The number of hydrogen-bond acceptors (Lipinski definition) is 4. The van der Waals surface area contributed by atoms with E-state index in [1.165, 1.54) is 9.18 Å². The van der Waals surface area contributed by atoms with E-state index in [2.05, 4.69) is 18.3 Å². The predicted octanol–water partition coefficient (Wildman–Crippen LogP) is 3.14. The van der Waals surface area contributed by atoms with E-state index in [1.807, 2.05) is 32.0 Å². The van der Waals surface area contributed by atoms with Crippen molar-refractivity contribution in [3.8, 4) is 0 Å². The zero-order valence-electron chi connectivity index (χ0n) is 16.6. The van der Waals surface area contributed by atoms with Gasteiger partial charge in [0.05, 0.1) is 11.4 Å². The lowest BCUT2D eigenvalue weighted by atomic mass is 10.2. The number of carbonyl (C=O) groups excluding carboxylic acids is 1. The number of nitrogens with zero attached hydrogens (tertiary/aromatic N) is 2. The van der Waals surface area contributed by atoms with Crippen LogP contribution in [0.2, 0.25) is 0 Å². The van der Waals surface area contributed by atoms with Gasteiger partial charge in [-0.25, -0.2) is 13.2 Å². The van der Waals surface area contributed by atoms with Crippen molar-refractivity contribution in [3.63, 3.8) is 0 Å². The van der Waals surface area contributed by atoms with Crippen molar-refractivity contribution in [2.75, 3.05) is 26.2 Å². The van der Waals surface area contributed by atoms with E-state index in [9.17, 15) is 13.2 Å². The van der Waals surface area contributed by atoms with Gasteiger partial charge in [0.2, 0.25) is 10.0 Å². The molecule has 0 unspecified atom stereocenters. The van der Waals surface area contributed by atoms with Crippen LogP contribution in [-0.4, -0.2) is 49.8 Å². The molecule has 0 aliphatic carbocycles. The van der Waals surface area contributed by atoms with Gasteiger partial charge in [0.15, 0.2) is 0 Å². The van der Waals surface area contributed by atoms with Gasteiger partial charge in [-0.2, -0.15) is 4.31 Å². The maximum Gasteiger partial charge on any atom is 0.317 e. The van der Waals surface area contributed by atoms with Crippen molar-refractivity contribution in [3.05, 3.63) is 51.2 Å². The number of aryl methyl sites for hydroxylation is 3. The highest BCUT2D eigenvalue weighted by Gasteiger charge is 2.31. The molecule has 8 heteroatoms. The standard InChI is InChI=1S/C20H27N3O3S2/c1-4-17-6-7-18(27-17)14-21-20(24)22-9-11-23(12-10-22)28(25,26)19-8-5-15(2)13-16(19)3/h5-8,13H,4,9-12,14H2,1-3H3,(H,21,24). The first kappa shape index (κ1) is 20.8. The van der Waals surface area contributed by atoms with E-state index in [0.29, 0.717) is 37.6 Å². The van der Waals surface area contributed by atoms with Crippen LogP contribution >= 0.6 is 11.3 Å². The molecule has 152 valence electrons. The number of hydrogen-bond donors (Lipinski definition) is 1. The van der Waals surface area contributed by atoms with Crippen LogP contribution in [0.5, 0.6) is 0 Å². The van der Waals surface area contributed by atoms with Gasteiger partial charge in [-0.05, 0) is 44.0 Å². The minimum Gasteiger partial charge on any atom is -0.333 e. The minimum absolute atomic E-state index is 0.144. The van der Waals surface area contributed by atoms with Crippen LogP contribution in [0.3, 0.4) is 0 Å². The van der Waals surface area contributed by atoms with Crippen molar-refractivity contribution in [1.29, 1.82) is 0 Å². The van der Waals surface area contributed by atoms with Crippen LogP contribution < -0.4 is 5.32 Å². The third kappa shape index (κ3) is 4.56. The molecule has 0 radical (unpaired) electrons. The van der Waals surface area contributed by atoms with Crippen LogP contribution in [0.25, 0.3) is 0 Å². The lowest BCUT2D eigenvalue weighted by Gasteiger charge is -2.34. The van der Waals surface area contributed by atoms with Crippen LogP contribution in [0, 0.1) is 13.8 Å². The third-order valence-electron chi connectivity index (χ3n) is 4.95. The summed E-state index contributed by atoms with van der Waals surface area (Å²) in [6, 6.07) is 9.35. The minimum atomic E-state index is -3.54. The Labute approximate surface area is 171 Å². The fourth-order valence-corrected chi connectivity index (χ4v) is 5.87. The van der Waals surface area contributed by atoms with Gasteiger partial charge >= 0.3 is 6.03 Å². The number of benzene rings is 1. The summed E-state index contributed by atoms with van der Waals surface area (Å²) in [5, 5.41) is 2.94. The van der Waals surface area contributed by atoms with Crippen molar-refractivity contribution in [2.24, 2.45) is 0 Å². The molecule has 1 N–H and O–H groups in total. The van der Waals surface area contributed by atoms with Crippen molar-refractivity contribution >= 4 is 27.4 Å². The predicted molar refractivity (Wildman–Crippen MR) is 112 cm³/mol. The van der Waals surface area contributed by atoms with Crippen molar-refractivity contribution in [2.45, 2.75) is 38.6 Å². The second kappa shape index (κ2) is 8.63. The first-order chi connectivity index (χ1) is 13.3. The largest absolute Gasteiger partial charge is 0.333 e. The average Bonchev–Trinajstić information content (AvgIpc) is 3.14. The fourth-order valence-electron chi connectivity index (χ4n) is 3.34. The van der Waals surface area contributed by atoms with Crippen molar-refractivity contribution in [1.82, 2.24) is 14.5 Å². The lowest BCUT2D eigenvalue weighted by molar-refractivity contribution is 0.172. The molecule has 1 saturated heterocycles. The molecule has 2 heterocycles. The summed E-state index contributed by atoms with van der Waals surface area (Å²) in [7, 11) is -3.54. The normalized spacial score (nSPS) is 15.6. The molecule has 28 heavy (non-hydrogen) atoms.